The van der Waals surface area contributed by atoms with E-state index < -0.39 is 0 Å². The molecule has 1 aromatic rings. The fourth-order valence-corrected chi connectivity index (χ4v) is 2.91. The van der Waals surface area contributed by atoms with E-state index >= 15 is 0 Å². The van der Waals surface area contributed by atoms with Gasteiger partial charge in [-0.15, -0.1) is 0 Å². The molecule has 0 aromatic heterocycles. The van der Waals surface area contributed by atoms with Crippen molar-refractivity contribution in [2.24, 2.45) is 0 Å². The zero-order valence-electron chi connectivity index (χ0n) is 12.4. The van der Waals surface area contributed by atoms with Gasteiger partial charge in [-0.2, -0.15) is 0 Å². The highest BCUT2D eigenvalue weighted by molar-refractivity contribution is 6.43. The van der Waals surface area contributed by atoms with Crippen LogP contribution in [-0.2, 0) is 4.79 Å². The number of halogens is 2. The summed E-state index contributed by atoms with van der Waals surface area (Å²) in [6.45, 7) is 2.01. The molecule has 0 aliphatic carbocycles. The molecule has 6 heteroatoms. The van der Waals surface area contributed by atoms with Gasteiger partial charge < -0.3 is 10.2 Å². The van der Waals surface area contributed by atoms with E-state index in [4.69, 9.17) is 23.2 Å². The van der Waals surface area contributed by atoms with Crippen LogP contribution in [0.1, 0.15) is 42.5 Å². The number of amides is 2. The molecule has 1 aliphatic rings. The molecular formula is C16H20Cl2N2O2. The molecule has 1 saturated heterocycles. The summed E-state index contributed by atoms with van der Waals surface area (Å²) in [5, 5.41) is 3.45. The van der Waals surface area contributed by atoms with Crippen LogP contribution in [0, 0.1) is 0 Å². The first kappa shape index (κ1) is 17.1. The van der Waals surface area contributed by atoms with Gasteiger partial charge in [0.25, 0.3) is 5.91 Å². The maximum atomic E-state index is 12.1. The summed E-state index contributed by atoms with van der Waals surface area (Å²) >= 11 is 11.9. The monoisotopic (exact) mass is 342 g/mol. The second-order valence-electron chi connectivity index (χ2n) is 5.40. The number of nitrogens with one attached hydrogen (secondary N) is 1. The van der Waals surface area contributed by atoms with Crippen molar-refractivity contribution in [3.05, 3.63) is 33.8 Å². The van der Waals surface area contributed by atoms with E-state index in [1.165, 1.54) is 0 Å². The second kappa shape index (κ2) is 8.39. The van der Waals surface area contributed by atoms with Crippen LogP contribution < -0.4 is 5.32 Å². The largest absolute Gasteiger partial charge is 0.352 e. The van der Waals surface area contributed by atoms with Crippen LogP contribution in [-0.4, -0.2) is 36.3 Å². The minimum absolute atomic E-state index is 0.224. The van der Waals surface area contributed by atoms with Crippen molar-refractivity contribution in [3.63, 3.8) is 0 Å². The number of likely N-dealkylation sites (tertiary alicyclic amines) is 1. The summed E-state index contributed by atoms with van der Waals surface area (Å²) in [6, 6.07) is 4.98. The minimum Gasteiger partial charge on any atom is -0.352 e. The number of nitrogens with zero attached hydrogens (tertiary/aromatic N) is 1. The van der Waals surface area contributed by atoms with Gasteiger partial charge in [0, 0.05) is 26.1 Å². The van der Waals surface area contributed by atoms with Crippen LogP contribution >= 0.6 is 23.2 Å². The van der Waals surface area contributed by atoms with Gasteiger partial charge in [-0.05, 0) is 31.4 Å². The quantitative estimate of drug-likeness (QED) is 0.832. The molecule has 0 atom stereocenters. The fraction of sp³-hybridized carbons (Fsp3) is 0.500. The van der Waals surface area contributed by atoms with E-state index in [0.29, 0.717) is 30.1 Å². The molecule has 1 aliphatic heterocycles. The van der Waals surface area contributed by atoms with E-state index in [0.717, 1.165) is 32.2 Å². The molecule has 0 bridgehead atoms. The maximum absolute atomic E-state index is 12.1. The van der Waals surface area contributed by atoms with Crippen LogP contribution in [0.25, 0.3) is 0 Å². The Morgan fingerprint density at radius 1 is 1.23 bits per heavy atom. The van der Waals surface area contributed by atoms with Gasteiger partial charge in [0.1, 0.15) is 0 Å². The average molecular weight is 343 g/mol. The number of carbonyl (C=O) groups excluding carboxylic acids is 2. The molecule has 0 radical (unpaired) electrons. The van der Waals surface area contributed by atoms with Crippen molar-refractivity contribution in [2.75, 3.05) is 19.6 Å². The summed E-state index contributed by atoms with van der Waals surface area (Å²) in [7, 11) is 0. The predicted octanol–water partition coefficient (Wildman–Crippen LogP) is 3.52. The lowest BCUT2D eigenvalue weighted by Crippen LogP contribution is -2.34. The first-order chi connectivity index (χ1) is 10.6. The molecule has 1 N–H and O–H groups in total. The normalized spacial score (nSPS) is 15.5. The van der Waals surface area contributed by atoms with Gasteiger partial charge in [-0.3, -0.25) is 9.59 Å². The molecule has 1 aromatic carbocycles. The zero-order valence-corrected chi connectivity index (χ0v) is 13.9. The van der Waals surface area contributed by atoms with Gasteiger partial charge in [-0.1, -0.05) is 35.7 Å². The Bertz CT molecular complexity index is 549. The topological polar surface area (TPSA) is 49.4 Å². The standard InChI is InChI=1S/C16H20Cl2N2O2/c17-13-7-4-6-12(15(13)18)16(22)19-9-5-11-20-10-3-1-2-8-14(20)21/h4,6-7H,1-3,5,8-11H2,(H,19,22). The van der Waals surface area contributed by atoms with E-state index in [9.17, 15) is 9.59 Å². The van der Waals surface area contributed by atoms with Crippen LogP contribution in [0.15, 0.2) is 18.2 Å². The lowest BCUT2D eigenvalue weighted by atomic mass is 10.2. The molecule has 2 rings (SSSR count). The number of rotatable bonds is 5. The van der Waals surface area contributed by atoms with E-state index in [1.807, 2.05) is 4.90 Å². The Kier molecular flexibility index (Phi) is 6.52. The number of benzene rings is 1. The van der Waals surface area contributed by atoms with Crippen molar-refractivity contribution in [3.8, 4) is 0 Å². The summed E-state index contributed by atoms with van der Waals surface area (Å²) in [5.41, 5.74) is 0.375. The third kappa shape index (κ3) is 4.62. The predicted molar refractivity (Wildman–Crippen MR) is 88.5 cm³/mol. The average Bonchev–Trinajstić information content (AvgIpc) is 2.71. The van der Waals surface area contributed by atoms with E-state index in [2.05, 4.69) is 5.32 Å². The third-order valence-corrected chi connectivity index (χ3v) is 4.58. The van der Waals surface area contributed by atoms with Gasteiger partial charge in [0.15, 0.2) is 0 Å². The smallest absolute Gasteiger partial charge is 0.252 e. The second-order valence-corrected chi connectivity index (χ2v) is 6.19. The van der Waals surface area contributed by atoms with Gasteiger partial charge in [0.2, 0.25) is 5.91 Å². The van der Waals surface area contributed by atoms with Crippen LogP contribution in [0.5, 0.6) is 0 Å². The Morgan fingerprint density at radius 2 is 2.05 bits per heavy atom. The van der Waals surface area contributed by atoms with Crippen LogP contribution in [0.2, 0.25) is 10.0 Å². The molecule has 1 fully saturated rings. The summed E-state index contributed by atoms with van der Waals surface area (Å²) in [6.07, 6.45) is 4.54. The molecule has 22 heavy (non-hydrogen) atoms. The highest BCUT2D eigenvalue weighted by Crippen LogP contribution is 2.25. The number of carbonyl (C=O) groups is 2. The molecule has 2 amide bonds. The summed E-state index contributed by atoms with van der Waals surface area (Å²) in [4.78, 5) is 25.8. The molecule has 4 nitrogen and oxygen atoms in total. The third-order valence-electron chi connectivity index (χ3n) is 3.76. The van der Waals surface area contributed by atoms with Crippen LogP contribution in [0.4, 0.5) is 0 Å². The Hall–Kier alpha value is -1.26. The van der Waals surface area contributed by atoms with Crippen molar-refractivity contribution in [2.45, 2.75) is 32.1 Å². The van der Waals surface area contributed by atoms with Crippen LogP contribution in [0.3, 0.4) is 0 Å². The van der Waals surface area contributed by atoms with Crippen molar-refractivity contribution >= 4 is 35.0 Å². The Labute approximate surface area is 140 Å². The maximum Gasteiger partial charge on any atom is 0.252 e. The molecule has 0 unspecified atom stereocenters. The zero-order chi connectivity index (χ0) is 15.9. The highest BCUT2D eigenvalue weighted by Gasteiger charge is 2.16. The lowest BCUT2D eigenvalue weighted by Gasteiger charge is -2.20. The Morgan fingerprint density at radius 3 is 2.86 bits per heavy atom. The van der Waals surface area contributed by atoms with E-state index in [1.54, 1.807) is 18.2 Å². The lowest BCUT2D eigenvalue weighted by molar-refractivity contribution is -0.130. The molecular weight excluding hydrogens is 323 g/mol. The fourth-order valence-electron chi connectivity index (χ4n) is 2.52. The SMILES string of the molecule is O=C(NCCCN1CCCCCC1=O)c1cccc(Cl)c1Cl. The Balaban J connectivity index is 1.77. The first-order valence-corrected chi connectivity index (χ1v) is 8.35. The van der Waals surface area contributed by atoms with Gasteiger partial charge >= 0.3 is 0 Å². The number of hydrogen-bond donors (Lipinski definition) is 1. The van der Waals surface area contributed by atoms with E-state index in [-0.39, 0.29) is 16.8 Å². The number of hydrogen-bond acceptors (Lipinski definition) is 2. The highest BCUT2D eigenvalue weighted by atomic mass is 35.5. The minimum atomic E-state index is -0.241. The van der Waals surface area contributed by atoms with Crippen molar-refractivity contribution in [1.82, 2.24) is 10.2 Å². The summed E-state index contributed by atoms with van der Waals surface area (Å²) < 4.78 is 0. The molecule has 120 valence electrons. The molecule has 0 saturated carbocycles. The van der Waals surface area contributed by atoms with Crippen molar-refractivity contribution in [1.29, 1.82) is 0 Å². The first-order valence-electron chi connectivity index (χ1n) is 7.59. The molecule has 1 heterocycles. The van der Waals surface area contributed by atoms with Gasteiger partial charge in [0.05, 0.1) is 15.6 Å². The summed E-state index contributed by atoms with van der Waals surface area (Å²) in [5.74, 6) is -0.0172. The van der Waals surface area contributed by atoms with Crippen molar-refractivity contribution < 1.29 is 9.59 Å². The molecule has 0 spiro atoms. The van der Waals surface area contributed by atoms with Gasteiger partial charge in [-0.25, -0.2) is 0 Å².